The second-order valence-corrected chi connectivity index (χ2v) is 2.89. The molecule has 2 rings (SSSR count). The number of benzene rings is 1. The Kier molecular flexibility index (Phi) is 1.39. The molecule has 0 bridgehead atoms. The van der Waals surface area contributed by atoms with Gasteiger partial charge in [0.1, 0.15) is 5.75 Å². The van der Waals surface area contributed by atoms with Gasteiger partial charge in [0.15, 0.2) is 0 Å². The van der Waals surface area contributed by atoms with Crippen LogP contribution in [0.3, 0.4) is 0 Å². The van der Waals surface area contributed by atoms with E-state index in [1.54, 1.807) is 0 Å². The summed E-state index contributed by atoms with van der Waals surface area (Å²) in [7, 11) is -0.633. The van der Waals surface area contributed by atoms with Crippen LogP contribution in [0, 0.1) is 6.92 Å². The SMILES string of the molecule is Cc1ccc2c(c1)OB(O)C2. The minimum Gasteiger partial charge on any atom is -0.536 e. The molecule has 56 valence electrons. The van der Waals surface area contributed by atoms with Crippen molar-refractivity contribution in [1.29, 1.82) is 0 Å². The van der Waals surface area contributed by atoms with Gasteiger partial charge in [-0.15, -0.1) is 0 Å². The summed E-state index contributed by atoms with van der Waals surface area (Å²) in [4.78, 5) is 0. The summed E-state index contributed by atoms with van der Waals surface area (Å²) < 4.78 is 5.14. The average molecular weight is 148 g/mol. The minimum absolute atomic E-state index is 0.621. The van der Waals surface area contributed by atoms with Crippen LogP contribution in [0.2, 0.25) is 0 Å². The highest BCUT2D eigenvalue weighted by atomic mass is 16.5. The molecule has 0 saturated heterocycles. The van der Waals surface area contributed by atoms with Crippen molar-refractivity contribution >= 4 is 7.12 Å². The molecule has 0 radical (unpaired) electrons. The van der Waals surface area contributed by atoms with Crippen LogP contribution in [0.15, 0.2) is 18.2 Å². The van der Waals surface area contributed by atoms with E-state index in [1.165, 1.54) is 0 Å². The Balaban J connectivity index is 2.43. The Morgan fingerprint density at radius 3 is 3.18 bits per heavy atom. The lowest BCUT2D eigenvalue weighted by Gasteiger charge is -2.00. The zero-order valence-electron chi connectivity index (χ0n) is 6.37. The van der Waals surface area contributed by atoms with Gasteiger partial charge in [-0.05, 0) is 24.1 Å². The van der Waals surface area contributed by atoms with Gasteiger partial charge in [0.2, 0.25) is 0 Å². The number of hydrogen-bond acceptors (Lipinski definition) is 2. The van der Waals surface area contributed by atoms with Crippen molar-refractivity contribution in [2.45, 2.75) is 13.2 Å². The highest BCUT2D eigenvalue weighted by Gasteiger charge is 2.26. The zero-order valence-corrected chi connectivity index (χ0v) is 6.37. The van der Waals surface area contributed by atoms with E-state index in [4.69, 9.17) is 9.68 Å². The summed E-state index contributed by atoms with van der Waals surface area (Å²) >= 11 is 0. The fraction of sp³-hybridized carbons (Fsp3) is 0.250. The molecule has 0 spiro atoms. The van der Waals surface area contributed by atoms with E-state index in [9.17, 15) is 0 Å². The lowest BCUT2D eigenvalue weighted by molar-refractivity contribution is 0.431. The summed E-state index contributed by atoms with van der Waals surface area (Å²) in [6.07, 6.45) is 0.621. The standard InChI is InChI=1S/C8H9BO2/c1-6-2-3-7-5-9(10)11-8(7)4-6/h2-4,10H,5H2,1H3. The van der Waals surface area contributed by atoms with E-state index in [1.807, 2.05) is 25.1 Å². The van der Waals surface area contributed by atoms with Crippen molar-refractivity contribution in [2.75, 3.05) is 0 Å². The van der Waals surface area contributed by atoms with Gasteiger partial charge in [-0.3, -0.25) is 0 Å². The molecule has 1 aromatic rings. The number of fused-ring (bicyclic) bond motifs is 1. The first kappa shape index (κ1) is 6.74. The molecule has 1 heterocycles. The van der Waals surface area contributed by atoms with Crippen molar-refractivity contribution in [3.63, 3.8) is 0 Å². The average Bonchev–Trinajstić information content (AvgIpc) is 2.27. The molecule has 1 aromatic carbocycles. The topological polar surface area (TPSA) is 29.5 Å². The fourth-order valence-corrected chi connectivity index (χ4v) is 1.32. The minimum atomic E-state index is -0.633. The third-order valence-corrected chi connectivity index (χ3v) is 1.88. The molecule has 0 aliphatic carbocycles. The molecular formula is C8H9BO2. The lowest BCUT2D eigenvalue weighted by Crippen LogP contribution is -2.17. The molecule has 1 aliphatic heterocycles. The van der Waals surface area contributed by atoms with Gasteiger partial charge >= 0.3 is 7.12 Å². The number of aryl methyl sites for hydroxylation is 1. The molecule has 1 aliphatic rings. The smallest absolute Gasteiger partial charge is 0.527 e. The van der Waals surface area contributed by atoms with E-state index in [0.717, 1.165) is 16.9 Å². The van der Waals surface area contributed by atoms with Crippen molar-refractivity contribution < 1.29 is 9.68 Å². The molecule has 11 heavy (non-hydrogen) atoms. The van der Waals surface area contributed by atoms with Gasteiger partial charge < -0.3 is 9.68 Å². The van der Waals surface area contributed by atoms with Crippen LogP contribution >= 0.6 is 0 Å². The van der Waals surface area contributed by atoms with Crippen LogP contribution < -0.4 is 4.65 Å². The molecule has 0 aromatic heterocycles. The highest BCUT2D eigenvalue weighted by molar-refractivity contribution is 6.44. The van der Waals surface area contributed by atoms with Crippen LogP contribution in [-0.4, -0.2) is 12.1 Å². The first-order valence-electron chi connectivity index (χ1n) is 3.70. The molecule has 0 fully saturated rings. The summed E-state index contributed by atoms with van der Waals surface area (Å²) in [5.41, 5.74) is 2.26. The van der Waals surface area contributed by atoms with E-state index in [-0.39, 0.29) is 0 Å². The molecule has 1 N–H and O–H groups in total. The van der Waals surface area contributed by atoms with Gasteiger partial charge in [-0.2, -0.15) is 0 Å². The van der Waals surface area contributed by atoms with Gasteiger partial charge in [0, 0.05) is 6.32 Å². The van der Waals surface area contributed by atoms with E-state index < -0.39 is 7.12 Å². The monoisotopic (exact) mass is 148 g/mol. The summed E-state index contributed by atoms with van der Waals surface area (Å²) in [6.45, 7) is 2.01. The Hall–Kier alpha value is -0.955. The molecule has 0 amide bonds. The number of rotatable bonds is 0. The van der Waals surface area contributed by atoms with Gasteiger partial charge in [-0.1, -0.05) is 12.1 Å². The molecule has 0 unspecified atom stereocenters. The Labute approximate surface area is 66.0 Å². The van der Waals surface area contributed by atoms with Crippen molar-refractivity contribution in [1.82, 2.24) is 0 Å². The van der Waals surface area contributed by atoms with E-state index in [2.05, 4.69) is 0 Å². The van der Waals surface area contributed by atoms with Crippen LogP contribution in [-0.2, 0) is 6.32 Å². The first-order valence-corrected chi connectivity index (χ1v) is 3.70. The van der Waals surface area contributed by atoms with E-state index in [0.29, 0.717) is 6.32 Å². The van der Waals surface area contributed by atoms with Crippen LogP contribution in [0.25, 0.3) is 0 Å². The summed E-state index contributed by atoms with van der Waals surface area (Å²) in [5.74, 6) is 0.831. The number of hydrogen-bond donors (Lipinski definition) is 1. The van der Waals surface area contributed by atoms with Gasteiger partial charge in [-0.25, -0.2) is 0 Å². The van der Waals surface area contributed by atoms with Crippen molar-refractivity contribution in [3.05, 3.63) is 29.3 Å². The zero-order chi connectivity index (χ0) is 7.84. The highest BCUT2D eigenvalue weighted by Crippen LogP contribution is 2.26. The Morgan fingerprint density at radius 2 is 2.36 bits per heavy atom. The second kappa shape index (κ2) is 2.27. The third-order valence-electron chi connectivity index (χ3n) is 1.88. The summed E-state index contributed by atoms with van der Waals surface area (Å²) in [5, 5.41) is 9.12. The van der Waals surface area contributed by atoms with Crippen LogP contribution in [0.4, 0.5) is 0 Å². The van der Waals surface area contributed by atoms with Crippen molar-refractivity contribution in [3.8, 4) is 5.75 Å². The Bertz CT molecular complexity index is 285. The molecule has 0 atom stereocenters. The Morgan fingerprint density at radius 1 is 1.55 bits per heavy atom. The van der Waals surface area contributed by atoms with E-state index >= 15 is 0 Å². The first-order chi connectivity index (χ1) is 5.25. The van der Waals surface area contributed by atoms with Crippen molar-refractivity contribution in [2.24, 2.45) is 0 Å². The normalized spacial score (nSPS) is 14.5. The maximum Gasteiger partial charge on any atom is 0.527 e. The van der Waals surface area contributed by atoms with Crippen LogP contribution in [0.5, 0.6) is 5.75 Å². The largest absolute Gasteiger partial charge is 0.536 e. The fourth-order valence-electron chi connectivity index (χ4n) is 1.32. The van der Waals surface area contributed by atoms with Gasteiger partial charge in [0.25, 0.3) is 0 Å². The molecule has 2 nitrogen and oxygen atoms in total. The maximum absolute atomic E-state index is 9.12. The second-order valence-electron chi connectivity index (χ2n) is 2.89. The van der Waals surface area contributed by atoms with Gasteiger partial charge in [0.05, 0.1) is 0 Å². The quantitative estimate of drug-likeness (QED) is 0.555. The predicted octanol–water partition coefficient (Wildman–Crippen LogP) is 0.950. The molecule has 0 saturated carbocycles. The maximum atomic E-state index is 9.12. The molecule has 3 heteroatoms. The van der Waals surface area contributed by atoms with Crippen LogP contribution in [0.1, 0.15) is 11.1 Å². The third kappa shape index (κ3) is 1.12. The predicted molar refractivity (Wildman–Crippen MR) is 43.5 cm³/mol. The summed E-state index contributed by atoms with van der Waals surface area (Å²) in [6, 6.07) is 5.98. The lowest BCUT2D eigenvalue weighted by atomic mass is 9.85. The molecular weight excluding hydrogens is 139 g/mol.